The molecule has 108 valence electrons. The maximum atomic E-state index is 4.54. The van der Waals surface area contributed by atoms with E-state index in [4.69, 9.17) is 0 Å². The van der Waals surface area contributed by atoms with E-state index in [1.807, 2.05) is 18.3 Å². The van der Waals surface area contributed by atoms with E-state index in [0.29, 0.717) is 5.95 Å². The summed E-state index contributed by atoms with van der Waals surface area (Å²) in [6.45, 7) is 0.897. The van der Waals surface area contributed by atoms with Gasteiger partial charge >= 0.3 is 0 Å². The lowest BCUT2D eigenvalue weighted by Crippen LogP contribution is -2.47. The molecule has 2 heterocycles. The van der Waals surface area contributed by atoms with E-state index in [9.17, 15) is 0 Å². The number of halogens is 1. The van der Waals surface area contributed by atoms with Crippen molar-refractivity contribution >= 4 is 27.5 Å². The van der Waals surface area contributed by atoms with E-state index < -0.39 is 0 Å². The lowest BCUT2D eigenvalue weighted by atomic mass is 9.96. The van der Waals surface area contributed by atoms with Gasteiger partial charge in [-0.2, -0.15) is 4.98 Å². The van der Waals surface area contributed by atoms with Gasteiger partial charge in [0.25, 0.3) is 0 Å². The molecule has 0 aromatic carbocycles. The Morgan fingerprint density at radius 1 is 1.40 bits per heavy atom. The molecule has 1 saturated carbocycles. The van der Waals surface area contributed by atoms with Crippen molar-refractivity contribution in [3.05, 3.63) is 22.8 Å². The van der Waals surface area contributed by atoms with Crippen molar-refractivity contribution in [2.45, 2.75) is 31.2 Å². The molecule has 2 aromatic heterocycles. The van der Waals surface area contributed by atoms with Crippen LogP contribution >= 0.6 is 15.9 Å². The van der Waals surface area contributed by atoms with Crippen molar-refractivity contribution in [1.29, 1.82) is 0 Å². The Labute approximate surface area is 127 Å². The van der Waals surface area contributed by atoms with Crippen LogP contribution in [0.4, 0.5) is 5.95 Å². The van der Waals surface area contributed by atoms with Gasteiger partial charge in [-0.3, -0.25) is 0 Å². The zero-order valence-corrected chi connectivity index (χ0v) is 13.5. The Bertz CT molecular complexity index is 601. The van der Waals surface area contributed by atoms with E-state index in [-0.39, 0.29) is 5.54 Å². The van der Waals surface area contributed by atoms with Crippen LogP contribution in [0.5, 0.6) is 0 Å². The molecule has 0 spiro atoms. The first-order chi connectivity index (χ1) is 9.61. The summed E-state index contributed by atoms with van der Waals surface area (Å²) in [5.41, 5.74) is 1.09. The first-order valence-corrected chi connectivity index (χ1v) is 7.82. The molecular formula is C14H20BrN5. The van der Waals surface area contributed by atoms with Crippen molar-refractivity contribution in [3.8, 4) is 0 Å². The first-order valence-electron chi connectivity index (χ1n) is 7.03. The molecule has 6 heteroatoms. The maximum absolute atomic E-state index is 4.54. The molecule has 2 aromatic rings. The summed E-state index contributed by atoms with van der Waals surface area (Å²) in [4.78, 5) is 6.88. The molecule has 1 N–H and O–H groups in total. The predicted octanol–water partition coefficient (Wildman–Crippen LogP) is 2.78. The molecule has 0 atom stereocenters. The highest BCUT2D eigenvalue weighted by Crippen LogP contribution is 2.33. The second kappa shape index (κ2) is 5.33. The van der Waals surface area contributed by atoms with E-state index in [1.165, 1.54) is 25.7 Å². The Balaban J connectivity index is 1.78. The number of pyridine rings is 1. The van der Waals surface area contributed by atoms with Crippen LogP contribution in [0.25, 0.3) is 5.65 Å². The van der Waals surface area contributed by atoms with Crippen LogP contribution in [-0.4, -0.2) is 45.7 Å². The summed E-state index contributed by atoms with van der Waals surface area (Å²) >= 11 is 3.50. The van der Waals surface area contributed by atoms with E-state index in [1.54, 1.807) is 4.52 Å². The highest BCUT2D eigenvalue weighted by molar-refractivity contribution is 9.10. The summed E-state index contributed by atoms with van der Waals surface area (Å²) < 4.78 is 2.76. The van der Waals surface area contributed by atoms with Gasteiger partial charge < -0.3 is 10.2 Å². The third kappa shape index (κ3) is 2.42. The number of anilines is 1. The fourth-order valence-electron chi connectivity index (χ4n) is 3.01. The number of rotatable bonds is 4. The summed E-state index contributed by atoms with van der Waals surface area (Å²) in [7, 11) is 4.33. The minimum Gasteiger partial charge on any atom is -0.351 e. The fourth-order valence-corrected chi connectivity index (χ4v) is 3.43. The summed E-state index contributed by atoms with van der Waals surface area (Å²) in [5, 5.41) is 7.89. The largest absolute Gasteiger partial charge is 0.351 e. The van der Waals surface area contributed by atoms with Crippen molar-refractivity contribution in [2.75, 3.05) is 26.0 Å². The van der Waals surface area contributed by atoms with E-state index in [2.05, 4.69) is 50.3 Å². The van der Waals surface area contributed by atoms with Crippen LogP contribution < -0.4 is 5.32 Å². The second-order valence-electron chi connectivity index (χ2n) is 5.74. The standard InChI is InChI=1S/C14H20BrN5/c1-19(2)14(7-3-4-8-14)10-16-13-17-12-11(15)6-5-9-20(12)18-13/h5-6,9H,3-4,7-8,10H2,1-2H3,(H,16,18). The van der Waals surface area contributed by atoms with E-state index in [0.717, 1.165) is 16.7 Å². The van der Waals surface area contributed by atoms with Crippen molar-refractivity contribution in [1.82, 2.24) is 19.5 Å². The van der Waals surface area contributed by atoms with Crippen LogP contribution in [0.3, 0.4) is 0 Å². The molecule has 1 fully saturated rings. The number of nitrogens with one attached hydrogen (secondary N) is 1. The highest BCUT2D eigenvalue weighted by Gasteiger charge is 2.35. The maximum Gasteiger partial charge on any atom is 0.243 e. The number of hydrogen-bond donors (Lipinski definition) is 1. The summed E-state index contributed by atoms with van der Waals surface area (Å²) in [5.74, 6) is 0.699. The van der Waals surface area contributed by atoms with Crippen LogP contribution in [0.15, 0.2) is 22.8 Å². The van der Waals surface area contributed by atoms with Gasteiger partial charge in [0.1, 0.15) is 0 Å². The zero-order chi connectivity index (χ0) is 14.2. The normalized spacial score (nSPS) is 18.0. The lowest BCUT2D eigenvalue weighted by Gasteiger charge is -2.36. The molecule has 5 nitrogen and oxygen atoms in total. The smallest absolute Gasteiger partial charge is 0.243 e. The minimum absolute atomic E-state index is 0.245. The summed E-state index contributed by atoms with van der Waals surface area (Å²) in [6, 6.07) is 3.93. The molecule has 1 aliphatic rings. The lowest BCUT2D eigenvalue weighted by molar-refractivity contribution is 0.172. The molecule has 0 unspecified atom stereocenters. The monoisotopic (exact) mass is 337 g/mol. The Morgan fingerprint density at radius 2 is 2.15 bits per heavy atom. The van der Waals surface area contributed by atoms with Gasteiger partial charge in [0.2, 0.25) is 5.95 Å². The van der Waals surface area contributed by atoms with Gasteiger partial charge in [-0.15, -0.1) is 5.10 Å². The average Bonchev–Trinajstić information content (AvgIpc) is 3.04. The fraction of sp³-hybridized carbons (Fsp3) is 0.571. The Hall–Kier alpha value is -1.14. The molecule has 0 aliphatic heterocycles. The topological polar surface area (TPSA) is 45.5 Å². The molecule has 0 radical (unpaired) electrons. The van der Waals surface area contributed by atoms with Crippen LogP contribution in [0.1, 0.15) is 25.7 Å². The predicted molar refractivity (Wildman–Crippen MR) is 84.1 cm³/mol. The molecule has 20 heavy (non-hydrogen) atoms. The molecule has 0 amide bonds. The minimum atomic E-state index is 0.245. The van der Waals surface area contributed by atoms with Crippen LogP contribution in [0.2, 0.25) is 0 Å². The number of fused-ring (bicyclic) bond motifs is 1. The molecular weight excluding hydrogens is 318 g/mol. The quantitative estimate of drug-likeness (QED) is 0.931. The van der Waals surface area contributed by atoms with Crippen LogP contribution in [-0.2, 0) is 0 Å². The van der Waals surface area contributed by atoms with Gasteiger partial charge in [-0.25, -0.2) is 4.52 Å². The number of hydrogen-bond acceptors (Lipinski definition) is 4. The third-order valence-electron chi connectivity index (χ3n) is 4.37. The van der Waals surface area contributed by atoms with Gasteiger partial charge in [-0.05, 0) is 55.0 Å². The summed E-state index contributed by atoms with van der Waals surface area (Å²) in [6.07, 6.45) is 7.01. The zero-order valence-electron chi connectivity index (χ0n) is 11.9. The van der Waals surface area contributed by atoms with Gasteiger partial charge in [0.05, 0.1) is 4.47 Å². The van der Waals surface area contributed by atoms with Gasteiger partial charge in [0.15, 0.2) is 5.65 Å². The molecule has 0 saturated heterocycles. The average molecular weight is 338 g/mol. The van der Waals surface area contributed by atoms with Crippen molar-refractivity contribution in [2.24, 2.45) is 0 Å². The Kier molecular flexibility index (Phi) is 3.69. The SMILES string of the molecule is CN(C)C1(CNc2nc3c(Br)cccn3n2)CCCC1. The molecule has 3 rings (SSSR count). The molecule has 1 aliphatic carbocycles. The number of aromatic nitrogens is 3. The molecule has 0 bridgehead atoms. The highest BCUT2D eigenvalue weighted by atomic mass is 79.9. The first kappa shape index (κ1) is 13.8. The van der Waals surface area contributed by atoms with Crippen molar-refractivity contribution in [3.63, 3.8) is 0 Å². The van der Waals surface area contributed by atoms with E-state index >= 15 is 0 Å². The van der Waals surface area contributed by atoms with Crippen LogP contribution in [0, 0.1) is 0 Å². The number of nitrogens with zero attached hydrogens (tertiary/aromatic N) is 4. The number of likely N-dealkylation sites (N-methyl/N-ethyl adjacent to an activating group) is 1. The van der Waals surface area contributed by atoms with Gasteiger partial charge in [0, 0.05) is 18.3 Å². The van der Waals surface area contributed by atoms with Crippen molar-refractivity contribution < 1.29 is 0 Å². The Morgan fingerprint density at radius 3 is 2.80 bits per heavy atom. The van der Waals surface area contributed by atoms with Gasteiger partial charge in [-0.1, -0.05) is 12.8 Å². The third-order valence-corrected chi connectivity index (χ3v) is 4.99. The second-order valence-corrected chi connectivity index (χ2v) is 6.59.